The third kappa shape index (κ3) is 7.10. The highest BCUT2D eigenvalue weighted by Gasteiger charge is 2.29. The van der Waals surface area contributed by atoms with Crippen molar-refractivity contribution in [2.45, 2.75) is 78.0 Å². The monoisotopic (exact) mass is 520 g/mol. The molecule has 3 amide bonds. The lowest BCUT2D eigenvalue weighted by Gasteiger charge is -2.32. The van der Waals surface area contributed by atoms with Crippen LogP contribution < -0.4 is 20.7 Å². The lowest BCUT2D eigenvalue weighted by molar-refractivity contribution is 0.0911. The molecule has 2 aromatic carbocycles. The Morgan fingerprint density at radius 1 is 1.03 bits per heavy atom. The van der Waals surface area contributed by atoms with E-state index in [0.29, 0.717) is 18.2 Å². The van der Waals surface area contributed by atoms with Gasteiger partial charge < -0.3 is 20.7 Å². The first-order valence-corrected chi connectivity index (χ1v) is 13.8. The summed E-state index contributed by atoms with van der Waals surface area (Å²) in [7, 11) is 0. The van der Waals surface area contributed by atoms with Crippen LogP contribution in [0, 0.1) is 13.8 Å². The molecule has 0 saturated heterocycles. The standard InChI is InChI=1S/C29H36N4O3S/c1-18(2)21-12-14-22(15-13-21)36-16-27-30-26(17-37-27)28(34)31-24-9-5-6-10-25(24)33-29(35)32-23-11-7-8-19(3)20(23)4/h7-8,11-15,17-18,24-25H,5-6,9-10,16H2,1-4H3,(H,31,34)(H2,32,33,35). The number of nitrogens with one attached hydrogen (secondary N) is 3. The molecule has 0 bridgehead atoms. The van der Waals surface area contributed by atoms with Crippen molar-refractivity contribution in [1.82, 2.24) is 15.6 Å². The van der Waals surface area contributed by atoms with Gasteiger partial charge in [-0.05, 0) is 67.5 Å². The molecule has 3 N–H and O–H groups in total. The molecule has 3 aromatic rings. The van der Waals surface area contributed by atoms with Crippen LogP contribution in [0.1, 0.15) is 77.6 Å². The van der Waals surface area contributed by atoms with Crippen LogP contribution in [0.3, 0.4) is 0 Å². The van der Waals surface area contributed by atoms with Crippen LogP contribution in [-0.2, 0) is 6.61 Å². The van der Waals surface area contributed by atoms with Gasteiger partial charge in [0.25, 0.3) is 5.91 Å². The minimum atomic E-state index is -0.255. The van der Waals surface area contributed by atoms with Gasteiger partial charge in [0.05, 0.1) is 6.04 Å². The smallest absolute Gasteiger partial charge is 0.319 e. The second kappa shape index (κ2) is 12.2. The number of rotatable bonds is 8. The van der Waals surface area contributed by atoms with E-state index in [1.165, 1.54) is 16.9 Å². The lowest BCUT2D eigenvalue weighted by atomic mass is 9.90. The average Bonchev–Trinajstić information content (AvgIpc) is 3.36. The summed E-state index contributed by atoms with van der Waals surface area (Å²) in [6.45, 7) is 8.63. The molecule has 1 fully saturated rings. The summed E-state index contributed by atoms with van der Waals surface area (Å²) in [6, 6.07) is 13.4. The van der Waals surface area contributed by atoms with Crippen LogP contribution in [0.5, 0.6) is 5.75 Å². The normalized spacial score (nSPS) is 17.3. The number of urea groups is 1. The van der Waals surface area contributed by atoms with E-state index in [-0.39, 0.29) is 24.0 Å². The first kappa shape index (κ1) is 26.7. The number of amides is 3. The van der Waals surface area contributed by atoms with Crippen molar-refractivity contribution in [3.63, 3.8) is 0 Å². The molecule has 37 heavy (non-hydrogen) atoms. The van der Waals surface area contributed by atoms with Crippen LogP contribution in [0.4, 0.5) is 10.5 Å². The van der Waals surface area contributed by atoms with Crippen LogP contribution in [-0.4, -0.2) is 29.0 Å². The molecule has 8 heteroatoms. The molecular weight excluding hydrogens is 484 g/mol. The van der Waals surface area contributed by atoms with E-state index in [4.69, 9.17) is 4.74 Å². The molecule has 4 rings (SSSR count). The third-order valence-corrected chi connectivity index (χ3v) is 7.77. The predicted molar refractivity (Wildman–Crippen MR) is 149 cm³/mol. The van der Waals surface area contributed by atoms with Crippen molar-refractivity contribution >= 4 is 29.0 Å². The number of hydrogen-bond acceptors (Lipinski definition) is 5. The molecule has 1 saturated carbocycles. The summed E-state index contributed by atoms with van der Waals surface area (Å²) >= 11 is 1.41. The maximum Gasteiger partial charge on any atom is 0.319 e. The first-order chi connectivity index (χ1) is 17.8. The Bertz CT molecular complexity index is 1220. The largest absolute Gasteiger partial charge is 0.486 e. The predicted octanol–water partition coefficient (Wildman–Crippen LogP) is 6.33. The number of hydrogen-bond donors (Lipinski definition) is 3. The fraction of sp³-hybridized carbons (Fsp3) is 0.414. The van der Waals surface area contributed by atoms with Gasteiger partial charge in [0.15, 0.2) is 0 Å². The number of carbonyl (C=O) groups is 2. The molecule has 1 aliphatic carbocycles. The zero-order chi connectivity index (χ0) is 26.4. The number of aryl methyl sites for hydroxylation is 1. The zero-order valence-electron chi connectivity index (χ0n) is 22.0. The molecule has 2 unspecified atom stereocenters. The number of ether oxygens (including phenoxy) is 1. The number of thiazole rings is 1. The Labute approximate surface area is 223 Å². The van der Waals surface area contributed by atoms with E-state index in [9.17, 15) is 9.59 Å². The highest BCUT2D eigenvalue weighted by atomic mass is 32.1. The van der Waals surface area contributed by atoms with E-state index in [1.807, 2.05) is 44.2 Å². The van der Waals surface area contributed by atoms with Gasteiger partial charge in [0.2, 0.25) is 0 Å². The van der Waals surface area contributed by atoms with Crippen molar-refractivity contribution in [3.8, 4) is 5.75 Å². The number of nitrogens with zero attached hydrogens (tertiary/aromatic N) is 1. The topological polar surface area (TPSA) is 92.4 Å². The molecule has 1 aromatic heterocycles. The van der Waals surface area contributed by atoms with Crippen molar-refractivity contribution in [2.24, 2.45) is 0 Å². The minimum absolute atomic E-state index is 0.141. The number of benzene rings is 2. The SMILES string of the molecule is Cc1cccc(NC(=O)NC2CCCCC2NC(=O)c2csc(COc3ccc(C(C)C)cc3)n2)c1C. The zero-order valence-corrected chi connectivity index (χ0v) is 22.8. The number of carbonyl (C=O) groups excluding carboxylic acids is 2. The van der Waals surface area contributed by atoms with Gasteiger partial charge in [-0.1, -0.05) is 51.0 Å². The fourth-order valence-corrected chi connectivity index (χ4v) is 5.19. The number of anilines is 1. The van der Waals surface area contributed by atoms with Gasteiger partial charge in [-0.25, -0.2) is 9.78 Å². The van der Waals surface area contributed by atoms with Gasteiger partial charge >= 0.3 is 6.03 Å². The average molecular weight is 521 g/mol. The fourth-order valence-electron chi connectivity index (χ4n) is 4.51. The maximum absolute atomic E-state index is 13.0. The molecule has 7 nitrogen and oxygen atoms in total. The molecule has 2 atom stereocenters. The van der Waals surface area contributed by atoms with E-state index in [1.54, 1.807) is 5.38 Å². The van der Waals surface area contributed by atoms with Gasteiger partial charge in [0, 0.05) is 17.1 Å². The van der Waals surface area contributed by atoms with Gasteiger partial charge in [-0.15, -0.1) is 11.3 Å². The Hall–Kier alpha value is -3.39. The molecule has 0 spiro atoms. The van der Waals surface area contributed by atoms with Crippen molar-refractivity contribution in [2.75, 3.05) is 5.32 Å². The summed E-state index contributed by atoms with van der Waals surface area (Å²) in [5.74, 6) is 1.03. The first-order valence-electron chi connectivity index (χ1n) is 12.9. The van der Waals surface area contributed by atoms with E-state index < -0.39 is 0 Å². The quantitative estimate of drug-likeness (QED) is 0.324. The molecule has 1 aliphatic rings. The van der Waals surface area contributed by atoms with Crippen molar-refractivity contribution < 1.29 is 14.3 Å². The van der Waals surface area contributed by atoms with Crippen LogP contribution in [0.15, 0.2) is 47.8 Å². The summed E-state index contributed by atoms with van der Waals surface area (Å²) in [4.78, 5) is 30.2. The summed E-state index contributed by atoms with van der Waals surface area (Å²) in [5.41, 5.74) is 4.60. The maximum atomic E-state index is 13.0. The Morgan fingerprint density at radius 2 is 1.73 bits per heavy atom. The minimum Gasteiger partial charge on any atom is -0.486 e. The third-order valence-electron chi connectivity index (χ3n) is 6.95. The molecule has 0 radical (unpaired) electrons. The molecular formula is C29H36N4O3S. The summed E-state index contributed by atoms with van der Waals surface area (Å²) < 4.78 is 5.86. The van der Waals surface area contributed by atoms with Crippen LogP contribution in [0.25, 0.3) is 0 Å². The van der Waals surface area contributed by atoms with E-state index in [0.717, 1.165) is 53.3 Å². The second-order valence-corrected chi connectivity index (χ2v) is 10.9. The summed E-state index contributed by atoms with van der Waals surface area (Å²) in [5, 5.41) is 11.6. The van der Waals surface area contributed by atoms with Crippen LogP contribution in [0.2, 0.25) is 0 Å². The lowest BCUT2D eigenvalue weighted by Crippen LogP contribution is -2.54. The molecule has 0 aliphatic heterocycles. The van der Waals surface area contributed by atoms with Gasteiger partial charge in [0.1, 0.15) is 23.1 Å². The number of aromatic nitrogens is 1. The molecule has 196 valence electrons. The Kier molecular flexibility index (Phi) is 8.82. The van der Waals surface area contributed by atoms with Crippen molar-refractivity contribution in [3.05, 3.63) is 75.2 Å². The highest BCUT2D eigenvalue weighted by molar-refractivity contribution is 7.09. The Morgan fingerprint density at radius 3 is 2.43 bits per heavy atom. The summed E-state index contributed by atoms with van der Waals surface area (Å²) in [6.07, 6.45) is 3.65. The van der Waals surface area contributed by atoms with E-state index >= 15 is 0 Å². The molecule has 1 heterocycles. The van der Waals surface area contributed by atoms with Crippen molar-refractivity contribution in [1.29, 1.82) is 0 Å². The second-order valence-electron chi connectivity index (χ2n) is 9.96. The van der Waals surface area contributed by atoms with E-state index in [2.05, 4.69) is 46.9 Å². The van der Waals surface area contributed by atoms with Gasteiger partial charge in [-0.2, -0.15) is 0 Å². The highest BCUT2D eigenvalue weighted by Crippen LogP contribution is 2.23. The van der Waals surface area contributed by atoms with Gasteiger partial charge in [-0.3, -0.25) is 4.79 Å². The van der Waals surface area contributed by atoms with Crippen LogP contribution >= 0.6 is 11.3 Å². The Balaban J connectivity index is 1.31.